The first-order chi connectivity index (χ1) is 12.4. The number of rotatable bonds is 8. The summed E-state index contributed by atoms with van der Waals surface area (Å²) in [5.41, 5.74) is 1.40. The van der Waals surface area contributed by atoms with Crippen molar-refractivity contribution in [3.63, 3.8) is 0 Å². The second kappa shape index (κ2) is 10.3. The molecule has 0 saturated heterocycles. The Balaban J connectivity index is 1.87. The molecule has 0 bridgehead atoms. The molecule has 5 nitrogen and oxygen atoms in total. The third-order valence-electron chi connectivity index (χ3n) is 5.18. The van der Waals surface area contributed by atoms with Gasteiger partial charge in [-0.2, -0.15) is 0 Å². The second-order valence-electron chi connectivity index (χ2n) is 7.59. The molecule has 1 aromatic rings. The van der Waals surface area contributed by atoms with Crippen LogP contribution in [-0.4, -0.2) is 53.2 Å². The summed E-state index contributed by atoms with van der Waals surface area (Å²) < 4.78 is 0. The number of carbonyl (C=O) groups is 1. The molecule has 0 unspecified atom stereocenters. The lowest BCUT2D eigenvalue weighted by Crippen LogP contribution is -2.36. The minimum atomic E-state index is -0.0533. The van der Waals surface area contributed by atoms with Gasteiger partial charge in [-0.15, -0.1) is 11.8 Å². The highest BCUT2D eigenvalue weighted by molar-refractivity contribution is 7.98. The van der Waals surface area contributed by atoms with Crippen LogP contribution in [0.2, 0.25) is 0 Å². The van der Waals surface area contributed by atoms with Crippen molar-refractivity contribution in [2.45, 2.75) is 76.3 Å². The second-order valence-corrected chi connectivity index (χ2v) is 8.38. The SMILES string of the molecule is CSc1nc(C(C)C)nc(C)c1C(=O)NCCCN(C)C1CCCCC1. The minimum absolute atomic E-state index is 0.0533. The summed E-state index contributed by atoms with van der Waals surface area (Å²) in [4.78, 5) is 24.2. The fourth-order valence-corrected chi connectivity index (χ4v) is 4.19. The number of hydrogen-bond acceptors (Lipinski definition) is 5. The molecule has 0 aliphatic heterocycles. The lowest BCUT2D eigenvalue weighted by atomic mass is 9.94. The molecule has 1 aromatic heterocycles. The van der Waals surface area contributed by atoms with Crippen LogP contribution >= 0.6 is 11.8 Å². The van der Waals surface area contributed by atoms with Crippen molar-refractivity contribution in [2.24, 2.45) is 0 Å². The zero-order valence-electron chi connectivity index (χ0n) is 17.0. The number of thioether (sulfide) groups is 1. The van der Waals surface area contributed by atoms with Crippen molar-refractivity contribution in [3.8, 4) is 0 Å². The maximum atomic E-state index is 12.7. The summed E-state index contributed by atoms with van der Waals surface area (Å²) in [6.07, 6.45) is 9.66. The quantitative estimate of drug-likeness (QED) is 0.421. The zero-order chi connectivity index (χ0) is 19.1. The standard InChI is InChI=1S/C20H34N4OS/c1-14(2)18-22-15(3)17(20(23-18)26-5)19(25)21-12-9-13-24(4)16-10-7-6-8-11-16/h14,16H,6-13H2,1-5H3,(H,21,25). The summed E-state index contributed by atoms with van der Waals surface area (Å²) in [5, 5.41) is 3.84. The maximum Gasteiger partial charge on any atom is 0.255 e. The van der Waals surface area contributed by atoms with Gasteiger partial charge < -0.3 is 10.2 Å². The molecule has 26 heavy (non-hydrogen) atoms. The van der Waals surface area contributed by atoms with E-state index in [1.807, 2.05) is 13.2 Å². The molecule has 0 aromatic carbocycles. The highest BCUT2D eigenvalue weighted by Gasteiger charge is 2.20. The van der Waals surface area contributed by atoms with Crippen LogP contribution in [0.15, 0.2) is 5.03 Å². The Morgan fingerprint density at radius 1 is 1.27 bits per heavy atom. The lowest BCUT2D eigenvalue weighted by Gasteiger charge is -2.31. The van der Waals surface area contributed by atoms with Crippen LogP contribution in [0, 0.1) is 6.92 Å². The van der Waals surface area contributed by atoms with Crippen molar-refractivity contribution in [1.82, 2.24) is 20.2 Å². The Labute approximate surface area is 162 Å². The van der Waals surface area contributed by atoms with E-state index >= 15 is 0 Å². The topological polar surface area (TPSA) is 58.1 Å². The van der Waals surface area contributed by atoms with Crippen LogP contribution in [-0.2, 0) is 0 Å². The van der Waals surface area contributed by atoms with Crippen molar-refractivity contribution in [3.05, 3.63) is 17.1 Å². The Hall–Kier alpha value is -1.14. The van der Waals surface area contributed by atoms with Gasteiger partial charge in [0.1, 0.15) is 10.9 Å². The van der Waals surface area contributed by atoms with Gasteiger partial charge in [-0.3, -0.25) is 4.79 Å². The van der Waals surface area contributed by atoms with Crippen molar-refractivity contribution >= 4 is 17.7 Å². The number of nitrogens with one attached hydrogen (secondary N) is 1. The van der Waals surface area contributed by atoms with Crippen LogP contribution in [0.3, 0.4) is 0 Å². The van der Waals surface area contributed by atoms with E-state index in [2.05, 4.69) is 41.1 Å². The number of aromatic nitrogens is 2. The van der Waals surface area contributed by atoms with E-state index < -0.39 is 0 Å². The molecule has 6 heteroatoms. The summed E-state index contributed by atoms with van der Waals surface area (Å²) in [7, 11) is 2.21. The van der Waals surface area contributed by atoms with E-state index in [1.165, 1.54) is 43.9 Å². The first kappa shape index (κ1) is 21.2. The predicted octanol–water partition coefficient (Wildman–Crippen LogP) is 4.01. The van der Waals surface area contributed by atoms with Crippen LogP contribution in [0.4, 0.5) is 0 Å². The highest BCUT2D eigenvalue weighted by Crippen LogP contribution is 2.23. The van der Waals surface area contributed by atoms with Gasteiger partial charge in [0.2, 0.25) is 0 Å². The van der Waals surface area contributed by atoms with E-state index in [0.717, 1.165) is 35.6 Å². The van der Waals surface area contributed by atoms with Gasteiger partial charge in [-0.05, 0) is 46.0 Å². The van der Waals surface area contributed by atoms with E-state index in [9.17, 15) is 4.79 Å². The molecule has 1 saturated carbocycles. The smallest absolute Gasteiger partial charge is 0.255 e. The molecule has 0 atom stereocenters. The molecule has 1 heterocycles. The molecule has 1 N–H and O–H groups in total. The van der Waals surface area contributed by atoms with Gasteiger partial charge in [-0.1, -0.05) is 33.1 Å². The van der Waals surface area contributed by atoms with Crippen LogP contribution in [0.1, 0.15) is 80.2 Å². The Kier molecular flexibility index (Phi) is 8.35. The van der Waals surface area contributed by atoms with Crippen molar-refractivity contribution in [1.29, 1.82) is 0 Å². The minimum Gasteiger partial charge on any atom is -0.352 e. The van der Waals surface area contributed by atoms with Gasteiger partial charge >= 0.3 is 0 Å². The van der Waals surface area contributed by atoms with Gasteiger partial charge in [0, 0.05) is 18.5 Å². The molecular formula is C20H34N4OS. The molecule has 1 aliphatic rings. The summed E-state index contributed by atoms with van der Waals surface area (Å²) in [6.45, 7) is 7.76. The normalized spacial score (nSPS) is 15.7. The molecule has 0 spiro atoms. The molecule has 146 valence electrons. The average molecular weight is 379 g/mol. The predicted molar refractivity (Wildman–Crippen MR) is 109 cm³/mol. The summed E-state index contributed by atoms with van der Waals surface area (Å²) in [5.74, 6) is 1.01. The highest BCUT2D eigenvalue weighted by atomic mass is 32.2. The molecule has 1 amide bonds. The summed E-state index contributed by atoms with van der Waals surface area (Å²) in [6, 6.07) is 0.724. The van der Waals surface area contributed by atoms with Crippen molar-refractivity contribution < 1.29 is 4.79 Å². The number of amides is 1. The largest absolute Gasteiger partial charge is 0.352 e. The lowest BCUT2D eigenvalue weighted by molar-refractivity contribution is 0.0945. The summed E-state index contributed by atoms with van der Waals surface area (Å²) >= 11 is 1.51. The first-order valence-corrected chi connectivity index (χ1v) is 11.1. The van der Waals surface area contributed by atoms with Gasteiger partial charge in [0.25, 0.3) is 5.91 Å². The van der Waals surface area contributed by atoms with Gasteiger partial charge in [-0.25, -0.2) is 9.97 Å². The third kappa shape index (κ3) is 5.68. The van der Waals surface area contributed by atoms with Gasteiger partial charge in [0.05, 0.1) is 11.3 Å². The number of nitrogens with zero attached hydrogens (tertiary/aromatic N) is 3. The fraction of sp³-hybridized carbons (Fsp3) is 0.750. The fourth-order valence-electron chi connectivity index (χ4n) is 3.56. The number of hydrogen-bond donors (Lipinski definition) is 1. The number of aryl methyl sites for hydroxylation is 1. The van der Waals surface area contributed by atoms with Gasteiger partial charge in [0.15, 0.2) is 0 Å². The molecule has 1 aliphatic carbocycles. The van der Waals surface area contributed by atoms with Crippen LogP contribution < -0.4 is 5.32 Å². The Morgan fingerprint density at radius 2 is 1.96 bits per heavy atom. The first-order valence-electron chi connectivity index (χ1n) is 9.85. The third-order valence-corrected chi connectivity index (χ3v) is 5.86. The van der Waals surface area contributed by atoms with E-state index in [4.69, 9.17) is 0 Å². The van der Waals surface area contributed by atoms with E-state index in [-0.39, 0.29) is 11.8 Å². The average Bonchev–Trinajstić information content (AvgIpc) is 2.64. The molecule has 0 radical (unpaired) electrons. The molecule has 1 fully saturated rings. The molecular weight excluding hydrogens is 344 g/mol. The monoisotopic (exact) mass is 378 g/mol. The number of carbonyl (C=O) groups excluding carboxylic acids is 1. The van der Waals surface area contributed by atoms with Crippen LogP contribution in [0.25, 0.3) is 0 Å². The Bertz CT molecular complexity index is 600. The maximum absolute atomic E-state index is 12.7. The van der Waals surface area contributed by atoms with E-state index in [0.29, 0.717) is 12.1 Å². The molecule has 2 rings (SSSR count). The Morgan fingerprint density at radius 3 is 2.58 bits per heavy atom. The van der Waals surface area contributed by atoms with E-state index in [1.54, 1.807) is 0 Å². The zero-order valence-corrected chi connectivity index (χ0v) is 17.8. The van der Waals surface area contributed by atoms with Crippen molar-refractivity contribution in [2.75, 3.05) is 26.4 Å². The van der Waals surface area contributed by atoms with Crippen LogP contribution in [0.5, 0.6) is 0 Å².